The lowest BCUT2D eigenvalue weighted by Gasteiger charge is -2.04. The van der Waals surface area contributed by atoms with Crippen LogP contribution >= 0.6 is 11.6 Å². The second-order valence-corrected chi connectivity index (χ2v) is 4.52. The maximum atomic E-state index is 5.98. The number of rotatable bonds is 2. The summed E-state index contributed by atoms with van der Waals surface area (Å²) in [4.78, 5) is 4.55. The first-order valence-electron chi connectivity index (χ1n) is 5.57. The van der Waals surface area contributed by atoms with Crippen LogP contribution in [0.2, 0.25) is 0 Å². The Bertz CT molecular complexity index is 719. The Morgan fingerprint density at radius 3 is 2.72 bits per heavy atom. The molecule has 94 valence electrons. The maximum Gasteiger partial charge on any atom is 0.163 e. The highest BCUT2D eigenvalue weighted by Crippen LogP contribution is 2.23. The topological polar surface area (TPSA) is 53.5 Å². The van der Waals surface area contributed by atoms with Gasteiger partial charge in [-0.05, 0) is 6.92 Å². The Kier molecular flexibility index (Phi) is 2.41. The molecule has 0 saturated heterocycles. The van der Waals surface area contributed by atoms with Crippen LogP contribution in [0.1, 0.15) is 11.5 Å². The third-order valence-electron chi connectivity index (χ3n) is 2.94. The first-order valence-corrected chi connectivity index (χ1v) is 6.11. The predicted molar refractivity (Wildman–Crippen MR) is 68.9 cm³/mol. The Labute approximate surface area is 109 Å². The number of halogens is 1. The van der Waals surface area contributed by atoms with Crippen molar-refractivity contribution in [3.63, 3.8) is 0 Å². The van der Waals surface area contributed by atoms with Crippen molar-refractivity contribution in [2.24, 2.45) is 14.1 Å². The molecule has 3 heterocycles. The van der Waals surface area contributed by atoms with Crippen molar-refractivity contribution in [2.45, 2.75) is 12.8 Å². The van der Waals surface area contributed by atoms with E-state index in [9.17, 15) is 0 Å². The largest absolute Gasteiger partial charge is 0.277 e. The van der Waals surface area contributed by atoms with Crippen LogP contribution in [-0.4, -0.2) is 29.1 Å². The van der Waals surface area contributed by atoms with Crippen LogP contribution in [0, 0.1) is 6.92 Å². The molecule has 0 atom stereocenters. The molecule has 18 heavy (non-hydrogen) atoms. The number of hydrogen-bond donors (Lipinski definition) is 0. The number of aromatic nitrogens is 6. The van der Waals surface area contributed by atoms with Gasteiger partial charge in [0.2, 0.25) is 0 Å². The SMILES string of the molecule is Cc1nn(C)c2c1nc(CCl)n2-c1cnn(C)c1. The first kappa shape index (κ1) is 11.3. The number of nitrogens with zero attached hydrogens (tertiary/aromatic N) is 6. The summed E-state index contributed by atoms with van der Waals surface area (Å²) in [6, 6.07) is 0. The van der Waals surface area contributed by atoms with Crippen molar-refractivity contribution in [1.82, 2.24) is 29.1 Å². The van der Waals surface area contributed by atoms with Crippen molar-refractivity contribution in [3.8, 4) is 5.69 Å². The van der Waals surface area contributed by atoms with E-state index >= 15 is 0 Å². The molecule has 0 amide bonds. The molecule has 0 spiro atoms. The quantitative estimate of drug-likeness (QED) is 0.660. The summed E-state index contributed by atoms with van der Waals surface area (Å²) in [6.45, 7) is 1.95. The lowest BCUT2D eigenvalue weighted by Crippen LogP contribution is -2.03. The molecule has 0 aliphatic heterocycles. The van der Waals surface area contributed by atoms with Crippen LogP contribution in [0.25, 0.3) is 16.9 Å². The van der Waals surface area contributed by atoms with Crippen LogP contribution in [-0.2, 0) is 20.0 Å². The summed E-state index contributed by atoms with van der Waals surface area (Å²) in [5.41, 5.74) is 3.67. The van der Waals surface area contributed by atoms with Crippen molar-refractivity contribution in [2.75, 3.05) is 0 Å². The van der Waals surface area contributed by atoms with Crippen LogP contribution in [0.4, 0.5) is 0 Å². The van der Waals surface area contributed by atoms with Crippen molar-refractivity contribution < 1.29 is 0 Å². The number of aryl methyl sites for hydroxylation is 3. The minimum absolute atomic E-state index is 0.350. The summed E-state index contributed by atoms with van der Waals surface area (Å²) in [6.07, 6.45) is 3.72. The first-order chi connectivity index (χ1) is 8.61. The molecule has 0 aliphatic carbocycles. The predicted octanol–water partition coefficient (Wildman–Crippen LogP) is 1.54. The van der Waals surface area contributed by atoms with Gasteiger partial charge in [-0.1, -0.05) is 0 Å². The zero-order chi connectivity index (χ0) is 12.9. The van der Waals surface area contributed by atoms with Gasteiger partial charge >= 0.3 is 0 Å². The van der Waals surface area contributed by atoms with Crippen molar-refractivity contribution >= 4 is 22.8 Å². The van der Waals surface area contributed by atoms with E-state index in [1.54, 1.807) is 10.9 Å². The molecule has 7 heteroatoms. The molecule has 0 unspecified atom stereocenters. The Morgan fingerprint density at radius 1 is 1.33 bits per heavy atom. The average molecular weight is 265 g/mol. The van der Waals surface area contributed by atoms with E-state index in [2.05, 4.69) is 15.2 Å². The van der Waals surface area contributed by atoms with Crippen LogP contribution < -0.4 is 0 Å². The maximum absolute atomic E-state index is 5.98. The molecular formula is C11H13ClN6. The lowest BCUT2D eigenvalue weighted by molar-refractivity contribution is 0.753. The van der Waals surface area contributed by atoms with Gasteiger partial charge in [0, 0.05) is 20.3 Å². The lowest BCUT2D eigenvalue weighted by atomic mass is 10.4. The third-order valence-corrected chi connectivity index (χ3v) is 3.18. The minimum Gasteiger partial charge on any atom is -0.277 e. The standard InChI is InChI=1S/C11H13ClN6/c1-7-10-11(17(3)15-7)18(9(4-12)14-10)8-5-13-16(2)6-8/h5-6H,4H2,1-3H3. The summed E-state index contributed by atoms with van der Waals surface area (Å²) >= 11 is 5.98. The molecule has 0 bridgehead atoms. The van der Waals surface area contributed by atoms with E-state index in [-0.39, 0.29) is 0 Å². The number of alkyl halides is 1. The monoisotopic (exact) mass is 264 g/mol. The number of fused-ring (bicyclic) bond motifs is 1. The number of hydrogen-bond acceptors (Lipinski definition) is 3. The summed E-state index contributed by atoms with van der Waals surface area (Å²) in [7, 11) is 3.79. The van der Waals surface area contributed by atoms with Crippen LogP contribution in [0.15, 0.2) is 12.4 Å². The van der Waals surface area contributed by atoms with Gasteiger partial charge in [-0.3, -0.25) is 9.25 Å². The van der Waals surface area contributed by atoms with Crippen LogP contribution in [0.3, 0.4) is 0 Å². The molecule has 0 saturated carbocycles. The molecule has 0 radical (unpaired) electrons. The van der Waals surface area contributed by atoms with Gasteiger partial charge in [0.25, 0.3) is 0 Å². The van der Waals surface area contributed by atoms with E-state index in [1.807, 2.05) is 36.5 Å². The van der Waals surface area contributed by atoms with Gasteiger partial charge in [-0.15, -0.1) is 11.6 Å². The fraction of sp³-hybridized carbons (Fsp3) is 0.364. The van der Waals surface area contributed by atoms with E-state index in [0.717, 1.165) is 28.4 Å². The third kappa shape index (κ3) is 1.45. The fourth-order valence-corrected chi connectivity index (χ4v) is 2.38. The zero-order valence-electron chi connectivity index (χ0n) is 10.4. The van der Waals surface area contributed by atoms with Crippen molar-refractivity contribution in [1.29, 1.82) is 0 Å². The molecule has 3 aromatic heterocycles. The molecule has 0 N–H and O–H groups in total. The normalized spacial score (nSPS) is 11.6. The van der Waals surface area contributed by atoms with E-state index < -0.39 is 0 Å². The van der Waals surface area contributed by atoms with Gasteiger partial charge in [0.1, 0.15) is 11.3 Å². The number of imidazole rings is 1. The van der Waals surface area contributed by atoms with E-state index in [4.69, 9.17) is 11.6 Å². The average Bonchev–Trinajstić information content (AvgIpc) is 2.96. The van der Waals surface area contributed by atoms with Crippen molar-refractivity contribution in [3.05, 3.63) is 23.9 Å². The zero-order valence-corrected chi connectivity index (χ0v) is 11.2. The molecule has 3 aromatic rings. The van der Waals surface area contributed by atoms with Gasteiger partial charge in [0.05, 0.1) is 23.5 Å². The van der Waals surface area contributed by atoms with Crippen LogP contribution in [0.5, 0.6) is 0 Å². The molecule has 0 aromatic carbocycles. The second-order valence-electron chi connectivity index (χ2n) is 4.25. The van der Waals surface area contributed by atoms with Gasteiger partial charge in [-0.25, -0.2) is 9.67 Å². The molecule has 0 fully saturated rings. The summed E-state index contributed by atoms with van der Waals surface area (Å²) in [5.74, 6) is 1.15. The second kappa shape index (κ2) is 3.84. The van der Waals surface area contributed by atoms with E-state index in [1.165, 1.54) is 0 Å². The Balaban J connectivity index is 2.38. The smallest absolute Gasteiger partial charge is 0.163 e. The minimum atomic E-state index is 0.350. The Morgan fingerprint density at radius 2 is 2.11 bits per heavy atom. The van der Waals surface area contributed by atoms with E-state index in [0.29, 0.717) is 5.88 Å². The molecule has 3 rings (SSSR count). The highest BCUT2D eigenvalue weighted by Gasteiger charge is 2.18. The van der Waals surface area contributed by atoms with Gasteiger partial charge in [-0.2, -0.15) is 10.2 Å². The highest BCUT2D eigenvalue weighted by atomic mass is 35.5. The molecule has 0 aliphatic rings. The summed E-state index contributed by atoms with van der Waals surface area (Å²) < 4.78 is 5.57. The molecular weight excluding hydrogens is 252 g/mol. The molecule has 6 nitrogen and oxygen atoms in total. The fourth-order valence-electron chi connectivity index (χ4n) is 2.20. The summed E-state index contributed by atoms with van der Waals surface area (Å²) in [5, 5.41) is 8.57. The van der Waals surface area contributed by atoms with Gasteiger partial charge in [0.15, 0.2) is 5.65 Å². The highest BCUT2D eigenvalue weighted by molar-refractivity contribution is 6.17. The Hall–Kier alpha value is -1.82. The van der Waals surface area contributed by atoms with Gasteiger partial charge < -0.3 is 0 Å².